The van der Waals surface area contributed by atoms with E-state index in [1.165, 1.54) is 13.8 Å². The molecule has 0 spiro atoms. The lowest BCUT2D eigenvalue weighted by Crippen LogP contribution is -2.66. The lowest BCUT2D eigenvalue weighted by Gasteiger charge is -2.31. The first-order valence-corrected chi connectivity index (χ1v) is 46.2. The van der Waals surface area contributed by atoms with E-state index in [1.807, 2.05) is 0 Å². The maximum Gasteiger partial charge on any atom is 0.327 e. The van der Waals surface area contributed by atoms with Crippen molar-refractivity contribution >= 4 is 119 Å². The summed E-state index contributed by atoms with van der Waals surface area (Å²) in [6.45, 7) is 37.6. The molecule has 0 bridgehead atoms. The van der Waals surface area contributed by atoms with Crippen LogP contribution >= 0.6 is 12.6 Å². The summed E-state index contributed by atoms with van der Waals surface area (Å²) >= 11 is 3.85. The molecule has 29 N–H and O–H groups in total. The summed E-state index contributed by atoms with van der Waals surface area (Å²) in [5.74, 6) is -22.7. The van der Waals surface area contributed by atoms with Crippen molar-refractivity contribution in [2.75, 3.05) is 5.75 Å². The molecule has 0 heterocycles. The van der Waals surface area contributed by atoms with Gasteiger partial charge < -0.3 is 147 Å². The van der Waals surface area contributed by atoms with Crippen molar-refractivity contribution < 1.29 is 137 Å². The normalized spacial score (nSPS) is 17.8. The van der Waals surface area contributed by atoms with Crippen LogP contribution in [0.5, 0.6) is 0 Å². The topological polar surface area (TPSA) is 740 Å². The third-order valence-electron chi connectivity index (χ3n) is 20.8. The molecule has 0 rings (SSSR count). The van der Waals surface area contributed by atoms with Crippen LogP contribution in [0.3, 0.4) is 0 Å². The Morgan fingerprint density at radius 2 is 0.299 bits per heavy atom. The summed E-state index contributed by atoms with van der Waals surface area (Å²) in [6, 6.07) is -30.1. The molecule has 0 aliphatic rings. The van der Waals surface area contributed by atoms with E-state index in [2.05, 4.69) is 103 Å². The smallest absolute Gasteiger partial charge is 0.327 e. The van der Waals surface area contributed by atoms with Crippen LogP contribution in [0.15, 0.2) is 0 Å². The van der Waals surface area contributed by atoms with Gasteiger partial charge in [0.2, 0.25) is 100 Å². The molecule has 0 aromatic heterocycles. The fourth-order valence-electron chi connectivity index (χ4n) is 13.7. The van der Waals surface area contributed by atoms with E-state index in [1.54, 1.807) is 111 Å². The highest BCUT2D eigenvalue weighted by Crippen LogP contribution is 2.19. The number of nitrogens with two attached hydrogens (primary N) is 1. The summed E-state index contributed by atoms with van der Waals surface area (Å²) in [7, 11) is 0. The molecule has 47 heteroatoms. The Bertz CT molecular complexity index is 3850. The average Bonchev–Trinajstić information content (AvgIpc) is 0.833. The zero-order valence-corrected chi connectivity index (χ0v) is 82.8. The summed E-state index contributed by atoms with van der Waals surface area (Å²) in [6.07, 6.45) is -15.9. The molecule has 0 fully saturated rings. The molecule has 0 unspecified atom stereocenters. The highest BCUT2D eigenvalue weighted by Gasteiger charge is 2.44. The molecular weight excluding hydrogens is 1780 g/mol. The molecule has 0 saturated heterocycles. The van der Waals surface area contributed by atoms with Crippen LogP contribution in [0.25, 0.3) is 0 Å². The third kappa shape index (κ3) is 44.9. The molecule has 0 aliphatic carbocycles. The van der Waals surface area contributed by atoms with Gasteiger partial charge in [-0.1, -0.05) is 111 Å². The molecule has 0 aromatic rings. The molecule has 0 radical (unpaired) electrons. The number of aliphatic hydroxyl groups excluding tert-OH is 9. The van der Waals surface area contributed by atoms with Gasteiger partial charge >= 0.3 is 5.97 Å². The number of amides is 17. The number of carbonyl (C=O) groups excluding carboxylic acids is 17. The summed E-state index contributed by atoms with van der Waals surface area (Å²) in [4.78, 5) is 251. The first kappa shape index (κ1) is 124. The standard InChI is InChI=1S/C87H158N18O28S/c1-35(2)26-52(90-72(117)54(28-37(5)6)92-74(119)56(30-39(9)10)94-76(121)58(32-41(13)14)96-79(124)62(44(18)107)99-78(123)61(88)43(17)106)70(115)89-53(27-36(3)4)71(116)91-55(29-38(7)8)73(118)93-57(31-40(11)12)75(120)95-59(33-42(15)16)77(122)98-64(46(20)109)81(126)101-66(48(22)111)83(128)103-68(50(24)113)85(130)105-69(51(25)114)86(131)104-67(49(23)112)84(129)102-65(47(21)110)82(127)100-63(45(19)108)80(125)97-60(34-134)87(132)133/h35-69,106-114,134H,26-34,88H2,1-25H3,(H,89,115)(H,90,117)(H,91,116)(H,92,119)(H,93,118)(H,94,121)(H,95,120)(H,96,124)(H,97,125)(H,98,122)(H,99,123)(H,100,127)(H,101,126)(H,102,129)(H,103,128)(H,104,131)(H,105,130)(H,132,133)/t43-,44-,45-,46-,47-,48-,49-,50-,51-,52+,53+,54+,55+,56+,57+,58+,59+,60+,61+,62+,63+,64+,65+,66+,67+,68+,69+/m1/s1. The largest absolute Gasteiger partial charge is 0.480 e. The van der Waals surface area contributed by atoms with Gasteiger partial charge in [-0.2, -0.15) is 12.6 Å². The van der Waals surface area contributed by atoms with E-state index in [9.17, 15) is 137 Å². The quantitative estimate of drug-likeness (QED) is 0.0252. The minimum Gasteiger partial charge on any atom is -0.480 e. The predicted octanol–water partition coefficient (Wildman–Crippen LogP) is -6.63. The predicted molar refractivity (Wildman–Crippen MR) is 493 cm³/mol. The number of carbonyl (C=O) groups is 18. The zero-order chi connectivity index (χ0) is 104. The highest BCUT2D eigenvalue weighted by atomic mass is 32.1. The Morgan fingerprint density at radius 1 is 0.187 bits per heavy atom. The number of nitrogens with one attached hydrogen (secondary N) is 17. The van der Waals surface area contributed by atoms with Crippen LogP contribution in [0.4, 0.5) is 0 Å². The van der Waals surface area contributed by atoms with Gasteiger partial charge in [0, 0.05) is 5.75 Å². The first-order valence-electron chi connectivity index (χ1n) is 45.6. The Labute approximate surface area is 790 Å². The van der Waals surface area contributed by atoms with Gasteiger partial charge in [0.25, 0.3) is 0 Å². The van der Waals surface area contributed by atoms with Crippen LogP contribution < -0.4 is 96.1 Å². The molecule has 0 aromatic carbocycles. The number of thiol groups is 1. The van der Waals surface area contributed by atoms with Gasteiger partial charge in [-0.3, -0.25) is 81.5 Å². The summed E-state index contributed by atoms with van der Waals surface area (Å²) < 4.78 is 0. The Kier molecular flexibility index (Phi) is 55.8. The second kappa shape index (κ2) is 60.1. The van der Waals surface area contributed by atoms with Gasteiger partial charge in [0.15, 0.2) is 0 Å². The molecule has 0 saturated carbocycles. The van der Waals surface area contributed by atoms with Gasteiger partial charge in [-0.05, 0) is 161 Å². The van der Waals surface area contributed by atoms with Crippen molar-refractivity contribution in [3.05, 3.63) is 0 Å². The monoisotopic (exact) mass is 1940 g/mol. The Balaban J connectivity index is 7.12. The number of aliphatic hydroxyl groups is 9. The maximum absolute atomic E-state index is 14.8. The molecule has 770 valence electrons. The van der Waals surface area contributed by atoms with Crippen LogP contribution in [0, 0.1) is 47.3 Å². The van der Waals surface area contributed by atoms with Crippen LogP contribution in [0.1, 0.15) is 224 Å². The number of carboxylic acid groups (broad SMARTS) is 1. The lowest BCUT2D eigenvalue weighted by atomic mass is 9.97. The van der Waals surface area contributed by atoms with Crippen molar-refractivity contribution in [2.45, 2.75) is 388 Å². The molecular formula is C87H158N18O28S. The Hall–Kier alpha value is -9.59. The van der Waals surface area contributed by atoms with Gasteiger partial charge in [-0.15, -0.1) is 0 Å². The molecule has 134 heavy (non-hydrogen) atoms. The van der Waals surface area contributed by atoms with Crippen LogP contribution in [-0.2, 0) is 86.3 Å². The Morgan fingerprint density at radius 3 is 0.418 bits per heavy atom. The van der Waals surface area contributed by atoms with Gasteiger partial charge in [-0.25, -0.2) is 4.79 Å². The second-order valence-corrected chi connectivity index (χ2v) is 38.6. The minimum absolute atomic E-state index is 0.00784. The zero-order valence-electron chi connectivity index (χ0n) is 81.9. The van der Waals surface area contributed by atoms with Crippen molar-refractivity contribution in [3.8, 4) is 0 Å². The van der Waals surface area contributed by atoms with Crippen molar-refractivity contribution in [1.82, 2.24) is 90.4 Å². The molecule has 27 atom stereocenters. The number of rotatable bonds is 61. The van der Waals surface area contributed by atoms with E-state index in [0.29, 0.717) is 0 Å². The minimum atomic E-state index is -2.13. The van der Waals surface area contributed by atoms with E-state index < -0.39 is 282 Å². The SMILES string of the molecule is CC(C)C[C@H](NC(=O)[C@H](CC(C)C)NC(=O)[C@H](CC(C)C)NC(=O)[C@H](CC(C)C)NC(=O)[C@H](CC(C)C)NC(=O)[C@@H](NC(=O)[C@@H](N)[C@@H](C)O)[C@@H](C)O)C(=O)N[C@@H](CC(C)C)C(=O)N[C@@H](CC(C)C)C(=O)N[C@@H](CC(C)C)C(=O)N[C@H](C(=O)N[C@H](C(=O)N[C@H](C(=O)N[C@H](C(=O)N[C@H](C(=O)N[C@H](C(=O)N[C@H](C(=O)N[C@@H](CS)C(=O)O)[C@@H](C)O)[C@@H](C)O)[C@@H](C)O)[C@@H](C)O)[C@@H](C)O)[C@@H](C)O)[C@@H](C)O. The van der Waals surface area contributed by atoms with Crippen LogP contribution in [-0.4, -0.2) is 327 Å². The van der Waals surface area contributed by atoms with Gasteiger partial charge in [0.1, 0.15) is 109 Å². The summed E-state index contributed by atoms with van der Waals surface area (Å²) in [5.41, 5.74) is 5.77. The fraction of sp³-hybridized carbons (Fsp3) is 0.793. The van der Waals surface area contributed by atoms with Crippen molar-refractivity contribution in [2.24, 2.45) is 53.1 Å². The van der Waals surface area contributed by atoms with E-state index in [-0.39, 0.29) is 92.8 Å². The highest BCUT2D eigenvalue weighted by molar-refractivity contribution is 7.80. The molecule has 46 nitrogen and oxygen atoms in total. The van der Waals surface area contributed by atoms with E-state index >= 15 is 0 Å². The number of hydrogen-bond donors (Lipinski definition) is 29. The van der Waals surface area contributed by atoms with Crippen molar-refractivity contribution in [1.29, 1.82) is 0 Å². The van der Waals surface area contributed by atoms with Crippen molar-refractivity contribution in [3.63, 3.8) is 0 Å². The molecule has 17 amide bonds. The summed E-state index contributed by atoms with van der Waals surface area (Å²) in [5, 5.41) is 146. The third-order valence-corrected chi connectivity index (χ3v) is 21.2. The van der Waals surface area contributed by atoms with E-state index in [0.717, 1.165) is 48.5 Å². The molecule has 0 aliphatic heterocycles. The maximum atomic E-state index is 14.8. The van der Waals surface area contributed by atoms with Crippen LogP contribution in [0.2, 0.25) is 0 Å². The second-order valence-electron chi connectivity index (χ2n) is 38.2. The number of carboxylic acids is 1. The number of aliphatic carboxylic acids is 1. The average molecular weight is 1940 g/mol. The number of hydrogen-bond acceptors (Lipinski definition) is 29. The van der Waals surface area contributed by atoms with Gasteiger partial charge in [0.05, 0.1) is 54.9 Å². The van der Waals surface area contributed by atoms with E-state index in [4.69, 9.17) is 5.73 Å². The first-order chi connectivity index (χ1) is 61.7. The lowest BCUT2D eigenvalue weighted by molar-refractivity contribution is -0.142. The fourth-order valence-corrected chi connectivity index (χ4v) is 13.9.